The quantitative estimate of drug-likeness (QED) is 0.917. The van der Waals surface area contributed by atoms with Gasteiger partial charge in [0.05, 0.1) is 5.52 Å². The summed E-state index contributed by atoms with van der Waals surface area (Å²) in [6, 6.07) is 10.5. The van der Waals surface area contributed by atoms with E-state index >= 15 is 0 Å². The zero-order valence-corrected chi connectivity index (χ0v) is 11.3. The Balaban J connectivity index is 2.06. The van der Waals surface area contributed by atoms with Crippen molar-refractivity contribution >= 4 is 16.6 Å². The van der Waals surface area contributed by atoms with Crippen molar-refractivity contribution in [2.45, 2.75) is 19.8 Å². The first kappa shape index (κ1) is 12.4. The summed E-state index contributed by atoms with van der Waals surface area (Å²) < 4.78 is 0. The topological polar surface area (TPSA) is 36.4 Å². The van der Waals surface area contributed by atoms with Crippen LogP contribution in [0.1, 0.15) is 19.0 Å². The number of benzene rings is 1. The molecule has 1 aliphatic heterocycles. The molecular weight excluding hydrogens is 236 g/mol. The van der Waals surface area contributed by atoms with Crippen molar-refractivity contribution in [2.24, 2.45) is 5.92 Å². The van der Waals surface area contributed by atoms with Crippen LogP contribution in [0.15, 0.2) is 30.3 Å². The number of pyridine rings is 1. The Bertz CT molecular complexity index is 582. The van der Waals surface area contributed by atoms with Gasteiger partial charge < -0.3 is 10.0 Å². The number of aliphatic hydroxyl groups is 1. The average Bonchev–Trinajstić information content (AvgIpc) is 2.94. The third kappa shape index (κ3) is 2.30. The van der Waals surface area contributed by atoms with Gasteiger partial charge in [-0.3, -0.25) is 4.98 Å². The minimum Gasteiger partial charge on any atom is -0.396 e. The van der Waals surface area contributed by atoms with E-state index in [9.17, 15) is 5.11 Å². The second kappa shape index (κ2) is 5.17. The average molecular weight is 256 g/mol. The van der Waals surface area contributed by atoms with Gasteiger partial charge in [0.15, 0.2) is 0 Å². The number of hydrogen-bond donors (Lipinski definition) is 1. The number of aliphatic hydroxyl groups excluding tert-OH is 1. The zero-order valence-electron chi connectivity index (χ0n) is 11.3. The lowest BCUT2D eigenvalue weighted by molar-refractivity contribution is 0.238. The molecule has 1 saturated heterocycles. The Morgan fingerprint density at radius 3 is 2.95 bits per heavy atom. The summed E-state index contributed by atoms with van der Waals surface area (Å²) in [5.41, 5.74) is 3.49. The standard InChI is InChI=1S/C16H20N2O/c1-2-13-9-16(18-8-7-12(10-18)11-19)14-5-3-4-6-15(14)17-13/h3-6,9,12,19H,2,7-8,10-11H2,1H3. The van der Waals surface area contributed by atoms with Crippen LogP contribution in [-0.2, 0) is 6.42 Å². The number of aryl methyl sites for hydroxylation is 1. The fraction of sp³-hybridized carbons (Fsp3) is 0.438. The number of fused-ring (bicyclic) bond motifs is 1. The summed E-state index contributed by atoms with van der Waals surface area (Å²) in [6.07, 6.45) is 2.03. The minimum atomic E-state index is 0.292. The van der Waals surface area contributed by atoms with Crippen LogP contribution in [0, 0.1) is 5.92 Å². The summed E-state index contributed by atoms with van der Waals surface area (Å²) in [5, 5.41) is 10.5. The van der Waals surface area contributed by atoms with Crippen LogP contribution in [0.5, 0.6) is 0 Å². The lowest BCUT2D eigenvalue weighted by Gasteiger charge is -2.21. The number of para-hydroxylation sites is 1. The van der Waals surface area contributed by atoms with E-state index in [1.807, 2.05) is 6.07 Å². The highest BCUT2D eigenvalue weighted by Gasteiger charge is 2.23. The molecular formula is C16H20N2O. The van der Waals surface area contributed by atoms with Crippen molar-refractivity contribution in [3.05, 3.63) is 36.0 Å². The van der Waals surface area contributed by atoms with Crippen molar-refractivity contribution < 1.29 is 5.11 Å². The number of aromatic nitrogens is 1. The molecule has 1 atom stereocenters. The summed E-state index contributed by atoms with van der Waals surface area (Å²) >= 11 is 0. The van der Waals surface area contributed by atoms with Crippen LogP contribution in [0.2, 0.25) is 0 Å². The second-order valence-electron chi connectivity index (χ2n) is 5.29. The molecule has 100 valence electrons. The van der Waals surface area contributed by atoms with Crippen LogP contribution in [0.25, 0.3) is 10.9 Å². The third-order valence-corrected chi connectivity index (χ3v) is 3.99. The van der Waals surface area contributed by atoms with Gasteiger partial charge in [-0.2, -0.15) is 0 Å². The molecule has 0 amide bonds. The lowest BCUT2D eigenvalue weighted by atomic mass is 10.1. The van der Waals surface area contributed by atoms with Crippen LogP contribution in [0.3, 0.4) is 0 Å². The first-order valence-electron chi connectivity index (χ1n) is 7.06. The maximum Gasteiger partial charge on any atom is 0.0726 e. The van der Waals surface area contributed by atoms with Gasteiger partial charge in [-0.15, -0.1) is 0 Å². The van der Waals surface area contributed by atoms with Gasteiger partial charge in [-0.25, -0.2) is 0 Å². The van der Waals surface area contributed by atoms with Crippen molar-refractivity contribution in [3.63, 3.8) is 0 Å². The molecule has 1 fully saturated rings. The molecule has 1 aromatic carbocycles. The summed E-state index contributed by atoms with van der Waals surface area (Å²) in [5.74, 6) is 0.414. The summed E-state index contributed by atoms with van der Waals surface area (Å²) in [6.45, 7) is 4.41. The molecule has 3 rings (SSSR count). The molecule has 1 aromatic heterocycles. The molecule has 0 radical (unpaired) electrons. The van der Waals surface area contributed by atoms with Crippen molar-refractivity contribution in [1.29, 1.82) is 0 Å². The number of hydrogen-bond acceptors (Lipinski definition) is 3. The normalized spacial score (nSPS) is 19.3. The predicted octanol–water partition coefficient (Wildman–Crippen LogP) is 2.62. The summed E-state index contributed by atoms with van der Waals surface area (Å²) in [7, 11) is 0. The van der Waals surface area contributed by atoms with Gasteiger partial charge >= 0.3 is 0 Å². The lowest BCUT2D eigenvalue weighted by Crippen LogP contribution is -2.21. The van der Waals surface area contributed by atoms with Gasteiger partial charge in [-0.05, 0) is 25.0 Å². The van der Waals surface area contributed by atoms with Crippen molar-refractivity contribution in [3.8, 4) is 0 Å². The SMILES string of the molecule is CCc1cc(N2CCC(CO)C2)c2ccccc2n1. The molecule has 2 aromatic rings. The fourth-order valence-electron chi connectivity index (χ4n) is 2.85. The van der Waals surface area contributed by atoms with Gasteiger partial charge in [0.1, 0.15) is 0 Å². The van der Waals surface area contributed by atoms with E-state index in [1.165, 1.54) is 11.1 Å². The highest BCUT2D eigenvalue weighted by atomic mass is 16.3. The molecule has 0 saturated carbocycles. The van der Waals surface area contributed by atoms with E-state index in [0.29, 0.717) is 12.5 Å². The number of rotatable bonds is 3. The third-order valence-electron chi connectivity index (χ3n) is 3.99. The maximum atomic E-state index is 9.31. The minimum absolute atomic E-state index is 0.292. The zero-order chi connectivity index (χ0) is 13.2. The Kier molecular flexibility index (Phi) is 3.38. The molecule has 2 heterocycles. The molecule has 0 spiro atoms. The van der Waals surface area contributed by atoms with E-state index in [1.54, 1.807) is 0 Å². The molecule has 3 heteroatoms. The van der Waals surface area contributed by atoms with Crippen molar-refractivity contribution in [2.75, 3.05) is 24.6 Å². The molecule has 0 aliphatic carbocycles. The van der Waals surface area contributed by atoms with E-state index in [2.05, 4.69) is 41.1 Å². The van der Waals surface area contributed by atoms with Crippen LogP contribution < -0.4 is 4.90 Å². The van der Waals surface area contributed by atoms with Gasteiger partial charge in [0.2, 0.25) is 0 Å². The first-order valence-corrected chi connectivity index (χ1v) is 7.06. The Labute approximate surface area is 113 Å². The number of nitrogens with zero attached hydrogens (tertiary/aromatic N) is 2. The summed E-state index contributed by atoms with van der Waals surface area (Å²) in [4.78, 5) is 7.08. The Hall–Kier alpha value is -1.61. The first-order chi connectivity index (χ1) is 9.31. The van der Waals surface area contributed by atoms with Crippen LogP contribution >= 0.6 is 0 Å². The Morgan fingerprint density at radius 1 is 1.37 bits per heavy atom. The van der Waals surface area contributed by atoms with Crippen molar-refractivity contribution in [1.82, 2.24) is 4.98 Å². The molecule has 1 aliphatic rings. The highest BCUT2D eigenvalue weighted by molar-refractivity contribution is 5.92. The molecule has 1 unspecified atom stereocenters. The number of anilines is 1. The monoisotopic (exact) mass is 256 g/mol. The molecule has 3 nitrogen and oxygen atoms in total. The van der Waals surface area contributed by atoms with E-state index in [4.69, 9.17) is 0 Å². The van der Waals surface area contributed by atoms with E-state index in [0.717, 1.165) is 37.1 Å². The molecule has 19 heavy (non-hydrogen) atoms. The predicted molar refractivity (Wildman–Crippen MR) is 78.5 cm³/mol. The maximum absolute atomic E-state index is 9.31. The second-order valence-corrected chi connectivity index (χ2v) is 5.29. The van der Waals surface area contributed by atoms with Crippen LogP contribution in [-0.4, -0.2) is 29.8 Å². The largest absolute Gasteiger partial charge is 0.396 e. The molecule has 0 bridgehead atoms. The molecule has 1 N–H and O–H groups in total. The van der Waals surface area contributed by atoms with E-state index < -0.39 is 0 Å². The van der Waals surface area contributed by atoms with Crippen LogP contribution in [0.4, 0.5) is 5.69 Å². The van der Waals surface area contributed by atoms with Gasteiger partial charge in [0.25, 0.3) is 0 Å². The van der Waals surface area contributed by atoms with Gasteiger partial charge in [0, 0.05) is 42.4 Å². The van der Waals surface area contributed by atoms with E-state index in [-0.39, 0.29) is 0 Å². The van der Waals surface area contributed by atoms with Gasteiger partial charge in [-0.1, -0.05) is 25.1 Å². The Morgan fingerprint density at radius 2 is 2.21 bits per heavy atom. The smallest absolute Gasteiger partial charge is 0.0726 e. The highest BCUT2D eigenvalue weighted by Crippen LogP contribution is 2.31. The fourth-order valence-corrected chi connectivity index (χ4v) is 2.85.